The number of nitrogens with zero attached hydrogens (tertiary/aromatic N) is 1. The highest BCUT2D eigenvalue weighted by Crippen LogP contribution is 2.31. The molecule has 1 aromatic rings. The highest BCUT2D eigenvalue weighted by Gasteiger charge is 2.25. The van der Waals surface area contributed by atoms with Gasteiger partial charge in [0.05, 0.1) is 0 Å². The van der Waals surface area contributed by atoms with Crippen molar-refractivity contribution in [2.75, 3.05) is 6.54 Å². The molecule has 0 aromatic carbocycles. The predicted octanol–water partition coefficient (Wildman–Crippen LogP) is 2.53. The van der Waals surface area contributed by atoms with Crippen molar-refractivity contribution >= 4 is 17.8 Å². The summed E-state index contributed by atoms with van der Waals surface area (Å²) in [6.45, 7) is 1.05. The van der Waals surface area contributed by atoms with Gasteiger partial charge in [-0.1, -0.05) is 44.9 Å². The van der Waals surface area contributed by atoms with E-state index in [1.165, 1.54) is 32.1 Å². The van der Waals surface area contributed by atoms with Crippen molar-refractivity contribution in [3.05, 3.63) is 17.3 Å². The van der Waals surface area contributed by atoms with Crippen LogP contribution >= 0.6 is 0 Å². The summed E-state index contributed by atoms with van der Waals surface area (Å²) in [5, 5.41) is 19.8. The number of aromatic nitrogens is 1. The molecule has 2 rings (SSSR count). The van der Waals surface area contributed by atoms with Crippen LogP contribution in [0.2, 0.25) is 0 Å². The molecule has 2 amide bonds. The lowest BCUT2D eigenvalue weighted by atomic mass is 9.84. The van der Waals surface area contributed by atoms with Crippen LogP contribution in [0.4, 0.5) is 0 Å². The van der Waals surface area contributed by atoms with E-state index in [1.807, 2.05) is 0 Å². The van der Waals surface area contributed by atoms with Gasteiger partial charge in [-0.3, -0.25) is 19.6 Å². The van der Waals surface area contributed by atoms with Crippen molar-refractivity contribution in [1.29, 1.82) is 0 Å². The SMILES string of the molecule is Cc1oc(C(CCCC2CCCCC2)CC(=O)NO)nc1C(=O)NCC(=O)O. The standard InChI is InChI=1S/C19H29N3O6/c1-12-17(18(26)20-11-16(24)25)21-19(28-12)14(10-15(23)22-27)9-5-8-13-6-3-2-4-7-13/h13-14,27H,2-11H2,1H3,(H,20,26)(H,22,23)(H,24,25). The lowest BCUT2D eigenvalue weighted by molar-refractivity contribution is -0.135. The fourth-order valence-corrected chi connectivity index (χ4v) is 3.75. The number of aryl methyl sites for hydroxylation is 1. The normalized spacial score (nSPS) is 15.8. The molecule has 156 valence electrons. The second-order valence-electron chi connectivity index (χ2n) is 7.40. The Kier molecular flexibility index (Phi) is 8.43. The number of aliphatic carboxylic acids is 1. The summed E-state index contributed by atoms with van der Waals surface area (Å²) in [6, 6.07) is 0. The molecule has 28 heavy (non-hydrogen) atoms. The third-order valence-electron chi connectivity index (χ3n) is 5.22. The number of carbonyl (C=O) groups is 3. The minimum atomic E-state index is -1.16. The summed E-state index contributed by atoms with van der Waals surface area (Å²) in [6.07, 6.45) is 8.96. The molecule has 1 fully saturated rings. The third kappa shape index (κ3) is 6.63. The molecule has 1 aromatic heterocycles. The van der Waals surface area contributed by atoms with E-state index in [0.717, 1.165) is 12.8 Å². The van der Waals surface area contributed by atoms with Gasteiger partial charge in [-0.05, 0) is 19.3 Å². The maximum Gasteiger partial charge on any atom is 0.322 e. The zero-order valence-corrected chi connectivity index (χ0v) is 16.2. The number of carboxylic acid groups (broad SMARTS) is 1. The molecule has 1 aliphatic carbocycles. The molecule has 0 spiro atoms. The third-order valence-corrected chi connectivity index (χ3v) is 5.22. The van der Waals surface area contributed by atoms with Gasteiger partial charge in [0, 0.05) is 12.3 Å². The van der Waals surface area contributed by atoms with Gasteiger partial charge in [0.25, 0.3) is 5.91 Å². The smallest absolute Gasteiger partial charge is 0.322 e. The molecule has 1 aliphatic rings. The van der Waals surface area contributed by atoms with Crippen molar-refractivity contribution in [3.8, 4) is 0 Å². The number of amides is 2. The van der Waals surface area contributed by atoms with Crippen LogP contribution in [0.1, 0.15) is 85.8 Å². The van der Waals surface area contributed by atoms with Gasteiger partial charge in [0.15, 0.2) is 11.6 Å². The fraction of sp³-hybridized carbons (Fsp3) is 0.684. The predicted molar refractivity (Wildman–Crippen MR) is 98.9 cm³/mol. The van der Waals surface area contributed by atoms with Gasteiger partial charge in [-0.15, -0.1) is 0 Å². The highest BCUT2D eigenvalue weighted by molar-refractivity contribution is 5.94. The fourth-order valence-electron chi connectivity index (χ4n) is 3.75. The summed E-state index contributed by atoms with van der Waals surface area (Å²) in [5.74, 6) is -1.47. The highest BCUT2D eigenvalue weighted by atomic mass is 16.5. The Morgan fingerprint density at radius 3 is 2.61 bits per heavy atom. The number of rotatable bonds is 10. The zero-order chi connectivity index (χ0) is 20.5. The second-order valence-corrected chi connectivity index (χ2v) is 7.40. The summed E-state index contributed by atoms with van der Waals surface area (Å²) in [5.41, 5.74) is 1.64. The number of oxazole rings is 1. The first-order valence-corrected chi connectivity index (χ1v) is 9.81. The molecule has 1 saturated carbocycles. The van der Waals surface area contributed by atoms with Crippen LogP contribution in [-0.4, -0.2) is 39.6 Å². The first kappa shape index (κ1) is 21.9. The number of carboxylic acids is 1. The van der Waals surface area contributed by atoms with E-state index in [2.05, 4.69) is 10.3 Å². The molecule has 9 heteroatoms. The van der Waals surface area contributed by atoms with Gasteiger partial charge in [0.1, 0.15) is 12.3 Å². The van der Waals surface area contributed by atoms with Gasteiger partial charge in [0.2, 0.25) is 5.91 Å². The van der Waals surface area contributed by atoms with Gasteiger partial charge in [-0.25, -0.2) is 10.5 Å². The van der Waals surface area contributed by atoms with Crippen LogP contribution in [0.25, 0.3) is 0 Å². The summed E-state index contributed by atoms with van der Waals surface area (Å²) >= 11 is 0. The van der Waals surface area contributed by atoms with Crippen LogP contribution in [0, 0.1) is 12.8 Å². The van der Waals surface area contributed by atoms with E-state index < -0.39 is 24.3 Å². The maximum atomic E-state index is 12.1. The molecule has 0 aliphatic heterocycles. The van der Waals surface area contributed by atoms with E-state index in [9.17, 15) is 14.4 Å². The minimum Gasteiger partial charge on any atom is -0.480 e. The van der Waals surface area contributed by atoms with Crippen LogP contribution in [0.5, 0.6) is 0 Å². The summed E-state index contributed by atoms with van der Waals surface area (Å²) in [7, 11) is 0. The van der Waals surface area contributed by atoms with Crippen molar-refractivity contribution in [3.63, 3.8) is 0 Å². The number of carbonyl (C=O) groups excluding carboxylic acids is 2. The van der Waals surface area contributed by atoms with Gasteiger partial charge >= 0.3 is 5.97 Å². The monoisotopic (exact) mass is 395 g/mol. The van der Waals surface area contributed by atoms with Gasteiger partial charge in [-0.2, -0.15) is 0 Å². The molecule has 0 bridgehead atoms. The number of hydroxylamine groups is 1. The Labute approximate surface area is 163 Å². The Balaban J connectivity index is 2.02. The van der Waals surface area contributed by atoms with Crippen molar-refractivity contribution < 1.29 is 29.1 Å². The van der Waals surface area contributed by atoms with Crippen molar-refractivity contribution in [2.45, 2.75) is 70.6 Å². The average molecular weight is 395 g/mol. The van der Waals surface area contributed by atoms with Crippen molar-refractivity contribution in [2.24, 2.45) is 5.92 Å². The zero-order valence-electron chi connectivity index (χ0n) is 16.2. The largest absolute Gasteiger partial charge is 0.480 e. The lowest BCUT2D eigenvalue weighted by Gasteiger charge is -2.22. The Hall–Kier alpha value is -2.42. The average Bonchev–Trinajstić information content (AvgIpc) is 3.07. The Morgan fingerprint density at radius 2 is 1.96 bits per heavy atom. The molecule has 1 atom stereocenters. The molecule has 0 saturated heterocycles. The molecule has 1 heterocycles. The molecule has 9 nitrogen and oxygen atoms in total. The quantitative estimate of drug-likeness (QED) is 0.352. The van der Waals surface area contributed by atoms with Crippen LogP contribution in [-0.2, 0) is 9.59 Å². The van der Waals surface area contributed by atoms with E-state index in [4.69, 9.17) is 14.7 Å². The number of hydrogen-bond acceptors (Lipinski definition) is 6. The molecular formula is C19H29N3O6. The molecule has 0 radical (unpaired) electrons. The summed E-state index contributed by atoms with van der Waals surface area (Å²) < 4.78 is 5.61. The molecule has 1 unspecified atom stereocenters. The number of hydrogen-bond donors (Lipinski definition) is 4. The van der Waals surface area contributed by atoms with E-state index >= 15 is 0 Å². The first-order valence-electron chi connectivity index (χ1n) is 9.81. The summed E-state index contributed by atoms with van der Waals surface area (Å²) in [4.78, 5) is 38.6. The Bertz CT molecular complexity index is 681. The molecule has 4 N–H and O–H groups in total. The second kappa shape index (κ2) is 10.8. The maximum absolute atomic E-state index is 12.1. The van der Waals surface area contributed by atoms with Crippen LogP contribution in [0.15, 0.2) is 4.42 Å². The molecular weight excluding hydrogens is 366 g/mol. The van der Waals surface area contributed by atoms with E-state index in [0.29, 0.717) is 12.3 Å². The van der Waals surface area contributed by atoms with Gasteiger partial charge < -0.3 is 14.8 Å². The Morgan fingerprint density at radius 1 is 1.25 bits per heavy atom. The van der Waals surface area contributed by atoms with Crippen molar-refractivity contribution in [1.82, 2.24) is 15.8 Å². The minimum absolute atomic E-state index is 0.00267. The van der Waals surface area contributed by atoms with E-state index in [-0.39, 0.29) is 29.7 Å². The van der Waals surface area contributed by atoms with E-state index in [1.54, 1.807) is 12.4 Å². The topological polar surface area (TPSA) is 142 Å². The lowest BCUT2D eigenvalue weighted by Crippen LogP contribution is -2.30. The number of nitrogens with one attached hydrogen (secondary N) is 2. The first-order chi connectivity index (χ1) is 13.4. The van der Waals surface area contributed by atoms with Crippen LogP contribution in [0.3, 0.4) is 0 Å². The van der Waals surface area contributed by atoms with Crippen LogP contribution < -0.4 is 10.8 Å².